The van der Waals surface area contributed by atoms with Crippen LogP contribution in [0.1, 0.15) is 36.0 Å². The number of aromatic nitrogens is 3. The molecule has 3 aromatic heterocycles. The summed E-state index contributed by atoms with van der Waals surface area (Å²) in [6.45, 7) is 9.56. The van der Waals surface area contributed by atoms with Crippen LogP contribution < -0.4 is 24.2 Å². The first kappa shape index (κ1) is 28.9. The number of amides is 2. The summed E-state index contributed by atoms with van der Waals surface area (Å²) in [7, 11) is 0. The SMILES string of the molecule is Cc1ccc(N2CCOC(C3CC(=O)N(c4cc(C)cnc4OCCOc4cc(C)cnc4N4CCCC4=O)C3)C2)nc1. The van der Waals surface area contributed by atoms with Gasteiger partial charge in [-0.2, -0.15) is 0 Å². The molecule has 2 atom stereocenters. The molecule has 2 amide bonds. The van der Waals surface area contributed by atoms with E-state index in [9.17, 15) is 9.59 Å². The van der Waals surface area contributed by atoms with Crippen molar-refractivity contribution in [1.82, 2.24) is 15.0 Å². The second-order valence-corrected chi connectivity index (χ2v) is 11.5. The van der Waals surface area contributed by atoms with Crippen molar-refractivity contribution in [2.24, 2.45) is 5.92 Å². The summed E-state index contributed by atoms with van der Waals surface area (Å²) in [5, 5.41) is 0. The Labute approximate surface area is 251 Å². The number of rotatable bonds is 9. The molecule has 0 radical (unpaired) electrons. The van der Waals surface area contributed by atoms with Gasteiger partial charge in [0, 0.05) is 63.5 Å². The molecule has 3 saturated heterocycles. The molecule has 0 N–H and O–H groups in total. The maximum absolute atomic E-state index is 13.3. The van der Waals surface area contributed by atoms with Crippen LogP contribution in [-0.2, 0) is 14.3 Å². The van der Waals surface area contributed by atoms with Gasteiger partial charge in [0.1, 0.15) is 24.7 Å². The number of aryl methyl sites for hydroxylation is 3. The number of morpholine rings is 1. The molecular formula is C32H38N6O5. The van der Waals surface area contributed by atoms with Crippen LogP contribution in [0.2, 0.25) is 0 Å². The number of carbonyl (C=O) groups excluding carboxylic acids is 2. The Bertz CT molecular complexity index is 1480. The van der Waals surface area contributed by atoms with Crippen molar-refractivity contribution in [3.63, 3.8) is 0 Å². The molecule has 43 heavy (non-hydrogen) atoms. The molecule has 0 aliphatic carbocycles. The van der Waals surface area contributed by atoms with Crippen LogP contribution in [0.5, 0.6) is 11.6 Å². The van der Waals surface area contributed by atoms with Gasteiger partial charge in [0.15, 0.2) is 11.6 Å². The third-order valence-corrected chi connectivity index (χ3v) is 8.13. The number of pyridine rings is 3. The van der Waals surface area contributed by atoms with Gasteiger partial charge < -0.3 is 24.0 Å². The molecule has 11 nitrogen and oxygen atoms in total. The van der Waals surface area contributed by atoms with E-state index in [0.29, 0.717) is 62.2 Å². The molecule has 3 aliphatic heterocycles. The van der Waals surface area contributed by atoms with E-state index in [4.69, 9.17) is 14.2 Å². The average molecular weight is 587 g/mol. The van der Waals surface area contributed by atoms with Gasteiger partial charge in [0.25, 0.3) is 0 Å². The minimum absolute atomic E-state index is 0.0263. The van der Waals surface area contributed by atoms with Gasteiger partial charge in [-0.15, -0.1) is 0 Å². The monoisotopic (exact) mass is 586 g/mol. The van der Waals surface area contributed by atoms with E-state index in [1.54, 1.807) is 22.2 Å². The third-order valence-electron chi connectivity index (χ3n) is 8.13. The molecule has 0 saturated carbocycles. The largest absolute Gasteiger partial charge is 0.486 e. The van der Waals surface area contributed by atoms with Crippen molar-refractivity contribution < 1.29 is 23.8 Å². The van der Waals surface area contributed by atoms with Crippen LogP contribution in [-0.4, -0.2) is 78.9 Å². The summed E-state index contributed by atoms with van der Waals surface area (Å²) in [5.74, 6) is 2.53. The number of hydrogen-bond acceptors (Lipinski definition) is 9. The van der Waals surface area contributed by atoms with Crippen LogP contribution in [0, 0.1) is 26.7 Å². The zero-order valence-electron chi connectivity index (χ0n) is 25.0. The van der Waals surface area contributed by atoms with Crippen LogP contribution in [0.4, 0.5) is 17.3 Å². The molecule has 0 spiro atoms. The zero-order valence-corrected chi connectivity index (χ0v) is 25.0. The van der Waals surface area contributed by atoms with Crippen molar-refractivity contribution in [3.8, 4) is 11.6 Å². The second-order valence-electron chi connectivity index (χ2n) is 11.5. The van der Waals surface area contributed by atoms with Gasteiger partial charge in [-0.05, 0) is 62.1 Å². The summed E-state index contributed by atoms with van der Waals surface area (Å²) in [5.41, 5.74) is 3.65. The number of anilines is 3. The van der Waals surface area contributed by atoms with Gasteiger partial charge in [-0.3, -0.25) is 14.5 Å². The van der Waals surface area contributed by atoms with Crippen molar-refractivity contribution in [2.45, 2.75) is 46.1 Å². The van der Waals surface area contributed by atoms with Crippen LogP contribution in [0.15, 0.2) is 42.9 Å². The fraction of sp³-hybridized carbons (Fsp3) is 0.469. The lowest BCUT2D eigenvalue weighted by atomic mass is 10.00. The first-order chi connectivity index (χ1) is 20.9. The Kier molecular flexibility index (Phi) is 8.42. The number of hydrogen-bond donors (Lipinski definition) is 0. The van der Waals surface area contributed by atoms with E-state index in [2.05, 4.69) is 25.9 Å². The summed E-state index contributed by atoms with van der Waals surface area (Å²) >= 11 is 0. The first-order valence-electron chi connectivity index (χ1n) is 14.9. The van der Waals surface area contributed by atoms with E-state index in [0.717, 1.165) is 35.5 Å². The van der Waals surface area contributed by atoms with Gasteiger partial charge in [-0.25, -0.2) is 15.0 Å². The maximum Gasteiger partial charge on any atom is 0.238 e. The summed E-state index contributed by atoms with van der Waals surface area (Å²) in [4.78, 5) is 44.9. The van der Waals surface area contributed by atoms with Crippen molar-refractivity contribution in [2.75, 3.05) is 60.7 Å². The molecule has 3 aliphatic rings. The fourth-order valence-corrected chi connectivity index (χ4v) is 5.88. The standard InChI is InChI=1S/C32H38N6O5/c1-21-6-7-28(33-16-21)36-9-10-41-27(20-36)24-15-30(40)38(19-24)25-13-22(2)18-35-32(25)43-12-11-42-26-14-23(3)17-34-31(26)37-8-4-5-29(37)39/h6-7,13-14,16-18,24,27H,4-5,8-12,15,19-20H2,1-3H3. The normalized spacial score (nSPS) is 20.7. The van der Waals surface area contributed by atoms with E-state index in [1.165, 1.54) is 0 Å². The lowest BCUT2D eigenvalue weighted by Gasteiger charge is -2.36. The topological polar surface area (TPSA) is 110 Å². The maximum atomic E-state index is 13.3. The molecule has 3 fully saturated rings. The second kappa shape index (κ2) is 12.5. The Morgan fingerprint density at radius 1 is 0.860 bits per heavy atom. The van der Waals surface area contributed by atoms with Gasteiger partial charge in [-0.1, -0.05) is 6.07 Å². The van der Waals surface area contributed by atoms with Crippen molar-refractivity contribution in [3.05, 3.63) is 59.5 Å². The highest BCUT2D eigenvalue weighted by atomic mass is 16.5. The molecule has 6 rings (SSSR count). The molecule has 0 aromatic carbocycles. The highest BCUT2D eigenvalue weighted by Crippen LogP contribution is 2.35. The smallest absolute Gasteiger partial charge is 0.238 e. The Morgan fingerprint density at radius 2 is 1.65 bits per heavy atom. The summed E-state index contributed by atoms with van der Waals surface area (Å²) in [6.07, 6.45) is 6.99. The van der Waals surface area contributed by atoms with E-state index >= 15 is 0 Å². The molecule has 226 valence electrons. The Balaban J connectivity index is 1.10. The number of carbonyl (C=O) groups is 2. The third kappa shape index (κ3) is 6.41. The average Bonchev–Trinajstić information content (AvgIpc) is 3.61. The van der Waals surface area contributed by atoms with Crippen LogP contribution in [0.25, 0.3) is 0 Å². The molecule has 0 bridgehead atoms. The van der Waals surface area contributed by atoms with Crippen molar-refractivity contribution >= 4 is 29.1 Å². The quantitative estimate of drug-likeness (QED) is 0.347. The van der Waals surface area contributed by atoms with Gasteiger partial charge in [0.05, 0.1) is 12.7 Å². The molecule has 6 heterocycles. The lowest BCUT2D eigenvalue weighted by molar-refractivity contribution is -0.118. The predicted octanol–water partition coefficient (Wildman–Crippen LogP) is 3.64. The zero-order chi connectivity index (χ0) is 29.9. The van der Waals surface area contributed by atoms with Crippen LogP contribution >= 0.6 is 0 Å². The van der Waals surface area contributed by atoms with Crippen LogP contribution in [0.3, 0.4) is 0 Å². The Hall–Kier alpha value is -4.25. The van der Waals surface area contributed by atoms with Gasteiger partial charge >= 0.3 is 0 Å². The number of ether oxygens (including phenoxy) is 3. The minimum Gasteiger partial charge on any atom is -0.486 e. The molecule has 2 unspecified atom stereocenters. The summed E-state index contributed by atoms with van der Waals surface area (Å²) < 4.78 is 18.3. The number of nitrogens with zero attached hydrogens (tertiary/aromatic N) is 6. The highest BCUT2D eigenvalue weighted by molar-refractivity contribution is 5.97. The van der Waals surface area contributed by atoms with Crippen molar-refractivity contribution in [1.29, 1.82) is 0 Å². The fourth-order valence-electron chi connectivity index (χ4n) is 5.88. The molecular weight excluding hydrogens is 548 g/mol. The highest BCUT2D eigenvalue weighted by Gasteiger charge is 2.39. The summed E-state index contributed by atoms with van der Waals surface area (Å²) in [6, 6.07) is 7.93. The first-order valence-corrected chi connectivity index (χ1v) is 14.9. The van der Waals surface area contributed by atoms with Gasteiger partial charge in [0.2, 0.25) is 17.7 Å². The van der Waals surface area contributed by atoms with E-state index < -0.39 is 0 Å². The minimum atomic E-state index is -0.0824. The van der Waals surface area contributed by atoms with E-state index in [-0.39, 0.29) is 37.0 Å². The lowest BCUT2D eigenvalue weighted by Crippen LogP contribution is -2.46. The molecule has 3 aromatic rings. The predicted molar refractivity (Wildman–Crippen MR) is 162 cm³/mol. The Morgan fingerprint density at radius 3 is 2.44 bits per heavy atom. The molecule has 11 heteroatoms. The van der Waals surface area contributed by atoms with E-state index in [1.807, 2.05) is 45.2 Å².